The summed E-state index contributed by atoms with van der Waals surface area (Å²) >= 11 is 0. The van der Waals surface area contributed by atoms with Gasteiger partial charge >= 0.3 is 10.2 Å². The Morgan fingerprint density at radius 2 is 1.62 bits per heavy atom. The fourth-order valence-electron chi connectivity index (χ4n) is 2.50. The molecule has 0 N–H and O–H groups in total. The second kappa shape index (κ2) is 5.85. The number of amides is 1. The van der Waals surface area contributed by atoms with Crippen LogP contribution in [0, 0.1) is 11.8 Å². The molecule has 0 radical (unpaired) electrons. The number of carbonyl (C=O) groups is 1. The predicted molar refractivity (Wildman–Crippen MR) is 81.4 cm³/mol. The summed E-state index contributed by atoms with van der Waals surface area (Å²) in [6.45, 7) is 3.12. The summed E-state index contributed by atoms with van der Waals surface area (Å²) in [7, 11) is -6.58. The number of hydrogen-bond acceptors (Lipinski definition) is 4. The first-order valence-corrected chi connectivity index (χ1v) is 10.8. The van der Waals surface area contributed by atoms with E-state index in [-0.39, 0.29) is 24.9 Å². The van der Waals surface area contributed by atoms with Crippen LogP contribution in [-0.4, -0.2) is 66.4 Å². The Balaban J connectivity index is 1.97. The van der Waals surface area contributed by atoms with Crippen molar-refractivity contribution in [2.24, 2.45) is 15.6 Å². The summed E-state index contributed by atoms with van der Waals surface area (Å²) < 4.78 is 40.2. The highest BCUT2D eigenvalue weighted by Crippen LogP contribution is 2.37. The summed E-state index contributed by atoms with van der Waals surface area (Å²) in [5.74, 6) is 0.642. The molecule has 0 aromatic heterocycles. The Morgan fingerprint density at radius 1 is 1.10 bits per heavy atom. The standard InChI is InChI=1S/C12H23N3O4S2/c1-10(11-4-5-11)12(16)14-6-8-15(9-7-14)21(18,19)13-20(2,3)17/h10-11H,4-9H2,1-3H3/t10-/m0/s1. The highest BCUT2D eigenvalue weighted by atomic mass is 32.3. The van der Waals surface area contributed by atoms with Crippen molar-refractivity contribution in [1.82, 2.24) is 9.21 Å². The van der Waals surface area contributed by atoms with Crippen molar-refractivity contribution < 1.29 is 17.4 Å². The number of hydrogen-bond donors (Lipinski definition) is 0. The molecule has 0 spiro atoms. The Kier molecular flexibility index (Phi) is 4.65. The van der Waals surface area contributed by atoms with Crippen molar-refractivity contribution in [1.29, 1.82) is 0 Å². The van der Waals surface area contributed by atoms with Gasteiger partial charge in [-0.3, -0.25) is 4.79 Å². The number of nitrogens with zero attached hydrogens (tertiary/aromatic N) is 3. The van der Waals surface area contributed by atoms with Crippen molar-refractivity contribution in [2.45, 2.75) is 19.8 Å². The normalized spacial score (nSPS) is 22.9. The minimum Gasteiger partial charge on any atom is -0.340 e. The van der Waals surface area contributed by atoms with E-state index in [2.05, 4.69) is 3.77 Å². The molecule has 21 heavy (non-hydrogen) atoms. The van der Waals surface area contributed by atoms with E-state index in [4.69, 9.17) is 0 Å². The first-order valence-electron chi connectivity index (χ1n) is 7.07. The van der Waals surface area contributed by atoms with Crippen molar-refractivity contribution in [3.05, 3.63) is 0 Å². The van der Waals surface area contributed by atoms with E-state index in [1.165, 1.54) is 16.8 Å². The maximum absolute atomic E-state index is 12.3. The third-order valence-electron chi connectivity index (χ3n) is 3.87. The minimum atomic E-state index is -3.87. The van der Waals surface area contributed by atoms with E-state index in [9.17, 15) is 17.4 Å². The van der Waals surface area contributed by atoms with Crippen molar-refractivity contribution >= 4 is 25.8 Å². The van der Waals surface area contributed by atoms with Gasteiger partial charge in [-0.15, -0.1) is 0 Å². The molecule has 0 aromatic rings. The van der Waals surface area contributed by atoms with Crippen LogP contribution in [0.5, 0.6) is 0 Å². The molecule has 1 atom stereocenters. The van der Waals surface area contributed by atoms with Crippen LogP contribution in [0.15, 0.2) is 3.77 Å². The van der Waals surface area contributed by atoms with Crippen LogP contribution in [0.2, 0.25) is 0 Å². The van der Waals surface area contributed by atoms with E-state index in [1.807, 2.05) is 6.92 Å². The zero-order chi connectivity index (χ0) is 15.8. The number of rotatable bonds is 4. The van der Waals surface area contributed by atoms with E-state index >= 15 is 0 Å². The topological polar surface area (TPSA) is 87.1 Å². The molecule has 0 aromatic carbocycles. The van der Waals surface area contributed by atoms with Gasteiger partial charge in [-0.25, -0.2) is 4.21 Å². The van der Waals surface area contributed by atoms with Crippen LogP contribution in [0.4, 0.5) is 0 Å². The van der Waals surface area contributed by atoms with Crippen molar-refractivity contribution in [2.75, 3.05) is 38.7 Å². The van der Waals surface area contributed by atoms with Gasteiger partial charge in [0.1, 0.15) is 0 Å². The molecule has 1 aliphatic heterocycles. The maximum atomic E-state index is 12.3. The lowest BCUT2D eigenvalue weighted by atomic mass is 10.0. The summed E-state index contributed by atoms with van der Waals surface area (Å²) in [6, 6.07) is 0. The third kappa shape index (κ3) is 4.40. The Bertz CT molecular complexity index is 617. The van der Waals surface area contributed by atoms with Gasteiger partial charge in [0.15, 0.2) is 0 Å². The maximum Gasteiger partial charge on any atom is 0.330 e. The highest BCUT2D eigenvalue weighted by molar-refractivity contribution is 8.01. The average Bonchev–Trinajstić information content (AvgIpc) is 3.18. The first-order chi connectivity index (χ1) is 9.60. The van der Waals surface area contributed by atoms with Crippen LogP contribution in [0.1, 0.15) is 19.8 Å². The lowest BCUT2D eigenvalue weighted by Gasteiger charge is -2.34. The molecule has 0 unspecified atom stereocenters. The van der Waals surface area contributed by atoms with Crippen LogP contribution < -0.4 is 0 Å². The van der Waals surface area contributed by atoms with Crippen LogP contribution in [0.3, 0.4) is 0 Å². The van der Waals surface area contributed by atoms with Gasteiger partial charge in [-0.05, 0) is 18.8 Å². The molecule has 1 amide bonds. The summed E-state index contributed by atoms with van der Waals surface area (Å²) in [4.78, 5) is 14.0. The van der Waals surface area contributed by atoms with Crippen molar-refractivity contribution in [3.63, 3.8) is 0 Å². The SMILES string of the molecule is C[C@H](C(=O)N1CCN(S(=O)(=O)N=S(C)(C)=O)CC1)C1CC1. The third-order valence-corrected chi connectivity index (χ3v) is 7.08. The Labute approximate surface area is 127 Å². The lowest BCUT2D eigenvalue weighted by molar-refractivity contribution is -0.136. The van der Waals surface area contributed by atoms with E-state index in [1.54, 1.807) is 4.90 Å². The summed E-state index contributed by atoms with van der Waals surface area (Å²) in [6.07, 6.45) is 4.81. The summed E-state index contributed by atoms with van der Waals surface area (Å²) in [5.41, 5.74) is 0. The highest BCUT2D eigenvalue weighted by Gasteiger charge is 2.37. The minimum absolute atomic E-state index is 0.0304. The van der Waals surface area contributed by atoms with Crippen LogP contribution >= 0.6 is 0 Å². The quantitative estimate of drug-likeness (QED) is 0.730. The molecule has 2 fully saturated rings. The molecule has 1 heterocycles. The molecule has 2 rings (SSSR count). The largest absolute Gasteiger partial charge is 0.340 e. The molecular weight excluding hydrogens is 314 g/mol. The van der Waals surface area contributed by atoms with E-state index in [0.29, 0.717) is 19.0 Å². The van der Waals surface area contributed by atoms with Gasteiger partial charge in [0.2, 0.25) is 5.91 Å². The van der Waals surface area contributed by atoms with Gasteiger partial charge in [-0.2, -0.15) is 12.7 Å². The van der Waals surface area contributed by atoms with Gasteiger partial charge in [0, 0.05) is 44.6 Å². The molecule has 122 valence electrons. The van der Waals surface area contributed by atoms with Crippen LogP contribution in [0.25, 0.3) is 0 Å². The monoisotopic (exact) mass is 337 g/mol. The second-order valence-corrected chi connectivity index (χ2v) is 10.5. The molecule has 1 saturated carbocycles. The van der Waals surface area contributed by atoms with Gasteiger partial charge in [0.25, 0.3) is 0 Å². The smallest absolute Gasteiger partial charge is 0.330 e. The predicted octanol–water partition coefficient (Wildman–Crippen LogP) is 0.149. The second-order valence-electron chi connectivity index (χ2n) is 6.08. The Morgan fingerprint density at radius 3 is 2.05 bits per heavy atom. The molecular formula is C12H23N3O4S2. The fraction of sp³-hybridized carbons (Fsp3) is 0.917. The first kappa shape index (κ1) is 16.7. The molecule has 1 saturated heterocycles. The molecule has 2 aliphatic rings. The number of carbonyl (C=O) groups excluding carboxylic acids is 1. The van der Waals surface area contributed by atoms with Crippen molar-refractivity contribution in [3.8, 4) is 0 Å². The van der Waals surface area contributed by atoms with Gasteiger partial charge in [-0.1, -0.05) is 10.7 Å². The molecule has 0 bridgehead atoms. The number of piperazine rings is 1. The fourth-order valence-corrected chi connectivity index (χ4v) is 5.32. The van der Waals surface area contributed by atoms with E-state index < -0.39 is 19.9 Å². The van der Waals surface area contributed by atoms with Gasteiger partial charge < -0.3 is 4.90 Å². The van der Waals surface area contributed by atoms with Gasteiger partial charge in [0.05, 0.1) is 9.73 Å². The molecule has 9 heteroatoms. The molecule has 7 nitrogen and oxygen atoms in total. The zero-order valence-electron chi connectivity index (χ0n) is 12.7. The zero-order valence-corrected chi connectivity index (χ0v) is 14.3. The molecule has 1 aliphatic carbocycles. The van der Waals surface area contributed by atoms with E-state index in [0.717, 1.165) is 12.8 Å². The Hall–Kier alpha value is -0.670. The summed E-state index contributed by atoms with van der Waals surface area (Å²) in [5, 5.41) is 0. The average molecular weight is 337 g/mol. The lowest BCUT2D eigenvalue weighted by Crippen LogP contribution is -2.51. The van der Waals surface area contributed by atoms with Crippen LogP contribution in [-0.2, 0) is 24.7 Å².